The Morgan fingerprint density at radius 2 is 1.58 bits per heavy atom. The van der Waals surface area contributed by atoms with E-state index in [1.54, 1.807) is 0 Å². The third-order valence-electron chi connectivity index (χ3n) is 2.84. The zero-order valence-electron chi connectivity index (χ0n) is 11.3. The van der Waals surface area contributed by atoms with Gasteiger partial charge in [-0.15, -0.1) is 0 Å². The van der Waals surface area contributed by atoms with Crippen molar-refractivity contribution in [3.63, 3.8) is 0 Å². The average molecular weight is 278 g/mol. The molecule has 0 atom stereocenters. The van der Waals surface area contributed by atoms with Gasteiger partial charge in [0.1, 0.15) is 0 Å². The first-order valence-electron chi connectivity index (χ1n) is 6.52. The molecule has 0 bridgehead atoms. The van der Waals surface area contributed by atoms with E-state index in [0.717, 1.165) is 10.9 Å². The fraction of sp³-hybridized carbons (Fsp3) is 0.333. The summed E-state index contributed by atoms with van der Waals surface area (Å²) < 4.78 is 23.1. The molecule has 19 heavy (non-hydrogen) atoms. The molecule has 0 aromatic heterocycles. The lowest BCUT2D eigenvalue weighted by molar-refractivity contribution is 0.219. The van der Waals surface area contributed by atoms with Crippen LogP contribution in [0.15, 0.2) is 42.5 Å². The predicted octanol–water partition coefficient (Wildman–Crippen LogP) is 4.61. The lowest BCUT2D eigenvalue weighted by Crippen LogP contribution is -1.99. The van der Waals surface area contributed by atoms with Crippen LogP contribution in [-0.4, -0.2) is 13.2 Å². The summed E-state index contributed by atoms with van der Waals surface area (Å²) in [5.74, 6) is 0. The molecule has 102 valence electrons. The van der Waals surface area contributed by atoms with Gasteiger partial charge in [-0.3, -0.25) is 4.57 Å². The SMILES string of the molecule is CCOP(=O)(Cc1ccc2ccccc2c1)OCC. The molecule has 4 heteroatoms. The lowest BCUT2D eigenvalue weighted by Gasteiger charge is -2.17. The van der Waals surface area contributed by atoms with Gasteiger partial charge in [-0.25, -0.2) is 0 Å². The number of hydrogen-bond donors (Lipinski definition) is 0. The molecule has 2 aromatic carbocycles. The lowest BCUT2D eigenvalue weighted by atomic mass is 10.1. The Bertz CT molecular complexity index is 585. The molecule has 0 aliphatic rings. The van der Waals surface area contributed by atoms with E-state index in [1.807, 2.05) is 50.2 Å². The fourth-order valence-electron chi connectivity index (χ4n) is 2.08. The monoisotopic (exact) mass is 278 g/mol. The third kappa shape index (κ3) is 3.66. The van der Waals surface area contributed by atoms with E-state index in [1.165, 1.54) is 5.39 Å². The van der Waals surface area contributed by atoms with Crippen LogP contribution < -0.4 is 0 Å². The largest absolute Gasteiger partial charge is 0.335 e. The summed E-state index contributed by atoms with van der Waals surface area (Å²) in [4.78, 5) is 0. The van der Waals surface area contributed by atoms with Gasteiger partial charge >= 0.3 is 7.60 Å². The molecule has 3 nitrogen and oxygen atoms in total. The van der Waals surface area contributed by atoms with E-state index in [4.69, 9.17) is 9.05 Å². The fourth-order valence-corrected chi connectivity index (χ4v) is 3.77. The van der Waals surface area contributed by atoms with Crippen molar-refractivity contribution < 1.29 is 13.6 Å². The summed E-state index contributed by atoms with van der Waals surface area (Å²) in [5.41, 5.74) is 0.976. The highest BCUT2D eigenvalue weighted by Gasteiger charge is 2.23. The summed E-state index contributed by atoms with van der Waals surface area (Å²) in [5, 5.41) is 2.31. The van der Waals surface area contributed by atoms with Crippen LogP contribution in [0.5, 0.6) is 0 Å². The van der Waals surface area contributed by atoms with Crippen molar-refractivity contribution in [2.24, 2.45) is 0 Å². The van der Waals surface area contributed by atoms with Crippen molar-refractivity contribution in [1.29, 1.82) is 0 Å². The number of benzene rings is 2. The molecule has 0 saturated carbocycles. The molecule has 0 N–H and O–H groups in total. The van der Waals surface area contributed by atoms with Crippen molar-refractivity contribution in [1.82, 2.24) is 0 Å². The molecule has 0 unspecified atom stereocenters. The Hall–Kier alpha value is -1.15. The minimum absolute atomic E-state index is 0.319. The van der Waals surface area contributed by atoms with Crippen LogP contribution in [0, 0.1) is 0 Å². The van der Waals surface area contributed by atoms with Gasteiger partial charge in [-0.2, -0.15) is 0 Å². The van der Waals surface area contributed by atoms with Gasteiger partial charge in [0.15, 0.2) is 0 Å². The molecule has 0 saturated heterocycles. The Kier molecular flexibility index (Phi) is 4.76. The second kappa shape index (κ2) is 6.33. The maximum atomic E-state index is 12.5. The van der Waals surface area contributed by atoms with Crippen molar-refractivity contribution in [2.45, 2.75) is 20.0 Å². The van der Waals surface area contributed by atoms with Crippen molar-refractivity contribution in [3.8, 4) is 0 Å². The molecule has 0 amide bonds. The Labute approximate surface area is 114 Å². The van der Waals surface area contributed by atoms with E-state index in [2.05, 4.69) is 6.07 Å². The molecule has 2 aromatic rings. The highest BCUT2D eigenvalue weighted by Crippen LogP contribution is 2.51. The molecule has 0 spiro atoms. The number of rotatable bonds is 6. The number of fused-ring (bicyclic) bond motifs is 1. The van der Waals surface area contributed by atoms with Gasteiger partial charge in [0.25, 0.3) is 0 Å². The third-order valence-corrected chi connectivity index (χ3v) is 4.90. The van der Waals surface area contributed by atoms with Gasteiger partial charge in [0.05, 0.1) is 19.4 Å². The van der Waals surface area contributed by atoms with Crippen LogP contribution in [0.1, 0.15) is 19.4 Å². The second-order valence-electron chi connectivity index (χ2n) is 4.29. The van der Waals surface area contributed by atoms with Gasteiger partial charge in [0.2, 0.25) is 0 Å². The zero-order valence-corrected chi connectivity index (χ0v) is 12.2. The molecule has 0 radical (unpaired) electrons. The normalized spacial score (nSPS) is 11.9. The Morgan fingerprint density at radius 3 is 2.21 bits per heavy atom. The second-order valence-corrected chi connectivity index (χ2v) is 6.34. The summed E-state index contributed by atoms with van der Waals surface area (Å²) in [6, 6.07) is 14.2. The Balaban J connectivity index is 2.26. The molecule has 2 rings (SSSR count). The van der Waals surface area contributed by atoms with E-state index in [9.17, 15) is 4.57 Å². The first kappa shape index (κ1) is 14.3. The van der Waals surface area contributed by atoms with Gasteiger partial charge in [0, 0.05) is 0 Å². The minimum atomic E-state index is -3.02. The van der Waals surface area contributed by atoms with E-state index in [-0.39, 0.29) is 0 Å². The smallest absolute Gasteiger partial charge is 0.309 e. The molecule has 0 fully saturated rings. The summed E-state index contributed by atoms with van der Waals surface area (Å²) in [6.45, 7) is 4.44. The summed E-state index contributed by atoms with van der Waals surface area (Å²) >= 11 is 0. The van der Waals surface area contributed by atoms with Crippen molar-refractivity contribution in [2.75, 3.05) is 13.2 Å². The maximum Gasteiger partial charge on any atom is 0.335 e. The molecule has 0 aliphatic heterocycles. The topological polar surface area (TPSA) is 35.5 Å². The van der Waals surface area contributed by atoms with Gasteiger partial charge in [-0.1, -0.05) is 42.5 Å². The van der Waals surface area contributed by atoms with Crippen LogP contribution in [-0.2, 0) is 19.8 Å². The van der Waals surface area contributed by atoms with E-state index >= 15 is 0 Å². The Morgan fingerprint density at radius 1 is 0.947 bits per heavy atom. The van der Waals surface area contributed by atoms with Crippen LogP contribution in [0.25, 0.3) is 10.8 Å². The first-order chi connectivity index (χ1) is 9.17. The predicted molar refractivity (Wildman–Crippen MR) is 78.5 cm³/mol. The summed E-state index contributed by atoms with van der Waals surface area (Å²) in [7, 11) is -3.02. The zero-order chi connectivity index (χ0) is 13.7. The van der Waals surface area contributed by atoms with Gasteiger partial charge < -0.3 is 9.05 Å². The van der Waals surface area contributed by atoms with E-state index < -0.39 is 7.60 Å². The minimum Gasteiger partial charge on any atom is -0.309 e. The highest BCUT2D eigenvalue weighted by atomic mass is 31.2. The van der Waals surface area contributed by atoms with Crippen LogP contribution in [0.3, 0.4) is 0 Å². The van der Waals surface area contributed by atoms with Gasteiger partial charge in [-0.05, 0) is 30.2 Å². The maximum absolute atomic E-state index is 12.5. The molecular formula is C15H19O3P. The first-order valence-corrected chi connectivity index (χ1v) is 8.25. The highest BCUT2D eigenvalue weighted by molar-refractivity contribution is 7.53. The number of hydrogen-bond acceptors (Lipinski definition) is 3. The average Bonchev–Trinajstić information content (AvgIpc) is 2.39. The van der Waals surface area contributed by atoms with Crippen molar-refractivity contribution in [3.05, 3.63) is 48.0 Å². The molecule has 0 aliphatic carbocycles. The van der Waals surface area contributed by atoms with E-state index in [0.29, 0.717) is 19.4 Å². The molecule has 0 heterocycles. The quantitative estimate of drug-likeness (QED) is 0.724. The van der Waals surface area contributed by atoms with Crippen molar-refractivity contribution >= 4 is 18.4 Å². The standard InChI is InChI=1S/C15H19O3P/c1-3-17-19(16,18-4-2)12-13-9-10-14-7-5-6-8-15(14)11-13/h5-11H,3-4,12H2,1-2H3. The molecular weight excluding hydrogens is 259 g/mol. The summed E-state index contributed by atoms with van der Waals surface area (Å²) in [6.07, 6.45) is 0.319. The van der Waals surface area contributed by atoms with Crippen LogP contribution >= 0.6 is 7.60 Å². The van der Waals surface area contributed by atoms with Crippen LogP contribution in [0.2, 0.25) is 0 Å². The van der Waals surface area contributed by atoms with Crippen LogP contribution in [0.4, 0.5) is 0 Å².